The van der Waals surface area contributed by atoms with Crippen LogP contribution in [0, 0.1) is 29.3 Å². The highest BCUT2D eigenvalue weighted by Crippen LogP contribution is 2.26. The van der Waals surface area contributed by atoms with Crippen molar-refractivity contribution < 1.29 is 21.4 Å². The molecule has 0 atom stereocenters. The van der Waals surface area contributed by atoms with E-state index in [0.717, 1.165) is 0 Å². The summed E-state index contributed by atoms with van der Waals surface area (Å²) in [6, 6.07) is 1.27. The van der Waals surface area contributed by atoms with Crippen LogP contribution in [0.3, 0.4) is 0 Å². The molecule has 0 heterocycles. The van der Waals surface area contributed by atoms with Crippen LogP contribution in [0.15, 0.2) is 0 Å². The van der Waals surface area contributed by atoms with Crippen molar-refractivity contribution >= 4 is 14.5 Å². The van der Waals surface area contributed by atoms with Crippen LogP contribution in [0.2, 0.25) is 11.6 Å². The van der Waals surface area contributed by atoms with Crippen molar-refractivity contribution in [2.75, 3.05) is 0 Å². The zero-order chi connectivity index (χ0) is 10.9. The van der Waals surface area contributed by atoms with E-state index < -0.39 is 43.5 Å². The van der Waals surface area contributed by atoms with Gasteiger partial charge in [-0.25, -0.2) is 8.78 Å². The van der Waals surface area contributed by atoms with Gasteiger partial charge in [-0.05, 0) is 0 Å². The highest BCUT2D eigenvalue weighted by atomic mass is 27.2. The fourth-order valence-corrected chi connectivity index (χ4v) is 1.52. The Kier molecular flexibility index (Phi) is 3.40. The van der Waals surface area contributed by atoms with Crippen LogP contribution in [0.25, 0.3) is 0 Å². The van der Waals surface area contributed by atoms with Gasteiger partial charge < -0.3 is 3.79 Å². The molecule has 1 radical (unpaired) electrons. The van der Waals surface area contributed by atoms with Crippen molar-refractivity contribution in [2.24, 2.45) is 0 Å². The fraction of sp³-hybridized carbons (Fsp3) is 0.250. The number of hydrogen-bond donors (Lipinski definition) is 0. The third-order valence-corrected chi connectivity index (χ3v) is 2.06. The topological polar surface area (TPSA) is 9.23 Å². The van der Waals surface area contributed by atoms with Gasteiger partial charge >= 0.3 is 14.5 Å². The van der Waals surface area contributed by atoms with E-state index in [1.54, 1.807) is 11.6 Å². The van der Waals surface area contributed by atoms with Crippen LogP contribution >= 0.6 is 0 Å². The van der Waals surface area contributed by atoms with E-state index in [1.165, 1.54) is 6.07 Å². The van der Waals surface area contributed by atoms with E-state index in [0.29, 0.717) is 0 Å². The van der Waals surface area contributed by atoms with Gasteiger partial charge in [-0.2, -0.15) is 8.78 Å². The molecule has 1 aromatic carbocycles. The molecule has 0 aliphatic heterocycles. The standard InChI is InChI=1S/C6HF4O.2CH3.Al/c7-2-1-3(8)5(10)6(11)4(2)9;;;/h11H;2*1H3;/q;;;+1/p-1. The van der Waals surface area contributed by atoms with Gasteiger partial charge in [0.1, 0.15) is 0 Å². The predicted octanol–water partition coefficient (Wildman–Crippen LogP) is 2.67. The van der Waals surface area contributed by atoms with Crippen molar-refractivity contribution in [2.45, 2.75) is 11.6 Å². The third-order valence-electron chi connectivity index (χ3n) is 1.36. The monoisotopic (exact) mass is 221 g/mol. The van der Waals surface area contributed by atoms with Gasteiger partial charge in [-0.1, -0.05) is 11.6 Å². The highest BCUT2D eigenvalue weighted by Gasteiger charge is 2.22. The van der Waals surface area contributed by atoms with Crippen LogP contribution in [-0.2, 0) is 0 Å². The number of halogens is 4. The Morgan fingerprint density at radius 1 is 1.00 bits per heavy atom. The summed E-state index contributed by atoms with van der Waals surface area (Å²) in [5.74, 6) is -3.98. The van der Waals surface area contributed by atoms with Gasteiger partial charge in [0, 0.05) is 0 Å². The second-order valence-corrected chi connectivity index (χ2v) is 5.21. The van der Waals surface area contributed by atoms with E-state index >= 15 is 0 Å². The molecule has 14 heavy (non-hydrogen) atoms. The quantitative estimate of drug-likeness (QED) is 0.423. The molecule has 0 unspecified atom stereocenters. The second-order valence-electron chi connectivity index (χ2n) is 2.88. The molecular formula is C8H6AlF4O. The van der Waals surface area contributed by atoms with Gasteiger partial charge in [0.25, 0.3) is 0 Å². The summed E-state index contributed by atoms with van der Waals surface area (Å²) >= 11 is -1.82. The lowest BCUT2D eigenvalue weighted by atomic mass is 10.3. The van der Waals surface area contributed by atoms with Crippen molar-refractivity contribution in [3.63, 3.8) is 0 Å². The molecule has 1 rings (SSSR count). The Labute approximate surface area is 83.0 Å². The average Bonchev–Trinajstić information content (AvgIpc) is 2.09. The van der Waals surface area contributed by atoms with Gasteiger partial charge in [0.15, 0.2) is 17.4 Å². The van der Waals surface area contributed by atoms with E-state index in [9.17, 15) is 17.6 Å². The van der Waals surface area contributed by atoms with E-state index in [1.807, 2.05) is 0 Å². The number of hydrogen-bond acceptors (Lipinski definition) is 1. The van der Waals surface area contributed by atoms with Gasteiger partial charge in [0.2, 0.25) is 11.6 Å². The van der Waals surface area contributed by atoms with Gasteiger partial charge in [-0.3, -0.25) is 0 Å². The third kappa shape index (κ3) is 2.20. The van der Waals surface area contributed by atoms with Crippen molar-refractivity contribution in [1.29, 1.82) is 0 Å². The molecule has 6 heteroatoms. The summed E-state index contributed by atoms with van der Waals surface area (Å²) in [7, 11) is 0. The van der Waals surface area contributed by atoms with E-state index in [-0.39, 0.29) is 0 Å². The smallest absolute Gasteiger partial charge is 0.540 e. The van der Waals surface area contributed by atoms with Crippen LogP contribution in [-0.4, -0.2) is 14.5 Å². The lowest BCUT2D eigenvalue weighted by molar-refractivity contribution is 0.395. The predicted molar refractivity (Wildman–Crippen MR) is 43.2 cm³/mol. The maximum atomic E-state index is 12.9. The molecule has 0 bridgehead atoms. The minimum atomic E-state index is -1.82. The first-order valence-electron chi connectivity index (χ1n) is 3.85. The zero-order valence-electron chi connectivity index (χ0n) is 7.50. The summed E-state index contributed by atoms with van der Waals surface area (Å²) in [5, 5.41) is 0. The lowest BCUT2D eigenvalue weighted by Crippen LogP contribution is -2.15. The Morgan fingerprint density at radius 3 is 1.79 bits per heavy atom. The summed E-state index contributed by atoms with van der Waals surface area (Å²) in [5.41, 5.74) is 0. The normalized spacial score (nSPS) is 10.1. The minimum Gasteiger partial charge on any atom is -0.639 e. The van der Waals surface area contributed by atoms with Crippen molar-refractivity contribution in [1.82, 2.24) is 0 Å². The van der Waals surface area contributed by atoms with Crippen LogP contribution in [0.1, 0.15) is 0 Å². The summed E-state index contributed by atoms with van der Waals surface area (Å²) in [6.07, 6.45) is 0. The SMILES string of the molecule is [CH3][Al]([CH3])[O]c1c(F)c(F)[c]c(F)c1F. The lowest BCUT2D eigenvalue weighted by Gasteiger charge is -2.11. The number of benzene rings is 1. The van der Waals surface area contributed by atoms with E-state index in [2.05, 4.69) is 0 Å². The fourth-order valence-electron chi connectivity index (χ4n) is 0.841. The van der Waals surface area contributed by atoms with Crippen molar-refractivity contribution in [3.8, 4) is 5.75 Å². The molecule has 0 aliphatic carbocycles. The molecule has 0 spiro atoms. The van der Waals surface area contributed by atoms with Gasteiger partial charge in [0.05, 0.1) is 6.07 Å². The zero-order valence-corrected chi connectivity index (χ0v) is 8.65. The first-order chi connectivity index (χ1) is 6.43. The molecule has 1 nitrogen and oxygen atoms in total. The minimum absolute atomic E-state index is 0.986. The first kappa shape index (κ1) is 11.3. The maximum absolute atomic E-state index is 12.9. The Morgan fingerprint density at radius 2 is 1.43 bits per heavy atom. The Balaban J connectivity index is 3.25. The second kappa shape index (κ2) is 4.20. The van der Waals surface area contributed by atoms with Crippen LogP contribution in [0.5, 0.6) is 5.75 Å². The molecule has 0 fully saturated rings. The highest BCUT2D eigenvalue weighted by molar-refractivity contribution is 6.49. The molecule has 0 aromatic heterocycles. The molecule has 0 N–H and O–H groups in total. The number of rotatable bonds is 2. The maximum Gasteiger partial charge on any atom is 0.540 e. The summed E-state index contributed by atoms with van der Waals surface area (Å²) in [4.78, 5) is 0. The Hall–Kier alpha value is -0.728. The van der Waals surface area contributed by atoms with Crippen LogP contribution < -0.4 is 3.79 Å². The molecule has 1 aromatic rings. The van der Waals surface area contributed by atoms with Crippen molar-refractivity contribution in [3.05, 3.63) is 29.3 Å². The first-order valence-corrected chi connectivity index (χ1v) is 6.63. The van der Waals surface area contributed by atoms with Crippen LogP contribution in [0.4, 0.5) is 17.6 Å². The molecular weight excluding hydrogens is 215 g/mol. The summed E-state index contributed by atoms with van der Waals surface area (Å²) in [6.45, 7) is 0. The average molecular weight is 221 g/mol. The largest absolute Gasteiger partial charge is 0.639 e. The molecule has 0 amide bonds. The molecule has 0 saturated heterocycles. The summed E-state index contributed by atoms with van der Waals surface area (Å²) < 4.78 is 55.6. The molecule has 0 aliphatic rings. The van der Waals surface area contributed by atoms with Gasteiger partial charge in [-0.15, -0.1) is 0 Å². The molecule has 0 saturated carbocycles. The van der Waals surface area contributed by atoms with E-state index in [4.69, 9.17) is 3.79 Å². The Bertz CT molecular complexity index is 327. The molecule has 75 valence electrons.